The average molecular weight is 636 g/mol. The largest absolute Gasteiger partial charge is 0.496 e. The topological polar surface area (TPSA) is 115 Å². The van der Waals surface area contributed by atoms with Crippen LogP contribution in [0.1, 0.15) is 57.4 Å². The number of likely N-dealkylation sites (tertiary alicyclic amines) is 1. The molecule has 4 aromatic rings. The van der Waals surface area contributed by atoms with Crippen LogP contribution in [0.25, 0.3) is 5.69 Å². The molecule has 2 fully saturated rings. The summed E-state index contributed by atoms with van der Waals surface area (Å²) >= 11 is 0. The zero-order valence-electron chi connectivity index (χ0n) is 27.2. The Balaban J connectivity index is 1.13. The zero-order chi connectivity index (χ0) is 32.6. The number of ether oxygens (including phenoxy) is 2. The standard InChI is InChI=1S/C36H41N7O4/c1-25-8-9-28(20-26(25)2)36(14-17-41-15-12-35(13-16-41)31-7-5-4-6-27(31)21-33(44)38-35)23-42(18-19-47-36)34(45)30-22-29(10-11-32(30)46-3)43-24-37-39-40-43/h4-11,20,22,24H,12-19,21,23H2,1-3H3,(H,38,44)/t36-/m1/s1. The molecule has 244 valence electrons. The molecule has 47 heavy (non-hydrogen) atoms. The second-order valence-corrected chi connectivity index (χ2v) is 13.1. The van der Waals surface area contributed by atoms with E-state index >= 15 is 0 Å². The minimum atomic E-state index is -0.687. The van der Waals surface area contributed by atoms with Gasteiger partial charge in [-0.15, -0.1) is 5.10 Å². The van der Waals surface area contributed by atoms with Gasteiger partial charge in [0.2, 0.25) is 5.91 Å². The quantitative estimate of drug-likeness (QED) is 0.327. The summed E-state index contributed by atoms with van der Waals surface area (Å²) in [6, 6.07) is 20.2. The van der Waals surface area contributed by atoms with Crippen molar-refractivity contribution in [2.45, 2.75) is 50.7 Å². The number of tetrazole rings is 1. The minimum Gasteiger partial charge on any atom is -0.496 e. The van der Waals surface area contributed by atoms with Gasteiger partial charge in [-0.3, -0.25) is 9.59 Å². The van der Waals surface area contributed by atoms with Crippen molar-refractivity contribution in [3.05, 3.63) is 100 Å². The number of methoxy groups -OCH3 is 1. The van der Waals surface area contributed by atoms with E-state index in [0.717, 1.165) is 50.0 Å². The van der Waals surface area contributed by atoms with Gasteiger partial charge in [0.15, 0.2) is 0 Å². The molecule has 0 unspecified atom stereocenters. The predicted octanol–water partition coefficient (Wildman–Crippen LogP) is 3.71. The van der Waals surface area contributed by atoms with Crippen LogP contribution < -0.4 is 10.1 Å². The van der Waals surface area contributed by atoms with Crippen LogP contribution in [0.3, 0.4) is 0 Å². The molecule has 1 spiro atoms. The first-order chi connectivity index (χ1) is 22.8. The van der Waals surface area contributed by atoms with Crippen LogP contribution >= 0.6 is 0 Å². The van der Waals surface area contributed by atoms with Gasteiger partial charge in [-0.25, -0.2) is 4.68 Å². The number of aromatic nitrogens is 4. The number of piperidine rings is 1. The molecule has 7 rings (SSSR count). The van der Waals surface area contributed by atoms with Crippen LogP contribution in [0, 0.1) is 13.8 Å². The molecule has 1 aromatic heterocycles. The van der Waals surface area contributed by atoms with E-state index in [-0.39, 0.29) is 17.4 Å². The third kappa shape index (κ3) is 5.89. The number of aryl methyl sites for hydroxylation is 2. The van der Waals surface area contributed by atoms with E-state index in [0.29, 0.717) is 43.1 Å². The van der Waals surface area contributed by atoms with Gasteiger partial charge >= 0.3 is 0 Å². The van der Waals surface area contributed by atoms with Crippen molar-refractivity contribution in [2.75, 3.05) is 46.4 Å². The fourth-order valence-electron chi connectivity index (χ4n) is 7.49. The maximum Gasteiger partial charge on any atom is 0.257 e. The van der Waals surface area contributed by atoms with Gasteiger partial charge in [-0.05, 0) is 89.6 Å². The number of fused-ring (bicyclic) bond motifs is 2. The van der Waals surface area contributed by atoms with E-state index < -0.39 is 5.60 Å². The molecule has 2 saturated heterocycles. The Morgan fingerprint density at radius 3 is 2.62 bits per heavy atom. The maximum atomic E-state index is 14.2. The van der Waals surface area contributed by atoms with E-state index in [1.807, 2.05) is 17.0 Å². The Labute approximate surface area is 274 Å². The first kappa shape index (κ1) is 31.0. The average Bonchev–Trinajstić information content (AvgIpc) is 3.64. The number of amides is 2. The van der Waals surface area contributed by atoms with E-state index in [1.54, 1.807) is 19.2 Å². The van der Waals surface area contributed by atoms with Crippen LogP contribution in [0.15, 0.2) is 67.0 Å². The van der Waals surface area contributed by atoms with Crippen molar-refractivity contribution >= 4 is 11.8 Å². The summed E-state index contributed by atoms with van der Waals surface area (Å²) in [5, 5.41) is 14.8. The molecule has 0 aliphatic carbocycles. The lowest BCUT2D eigenvalue weighted by atomic mass is 9.75. The number of rotatable bonds is 7. The Morgan fingerprint density at radius 1 is 1.02 bits per heavy atom. The number of carbonyl (C=O) groups excluding carboxylic acids is 2. The highest BCUT2D eigenvalue weighted by Gasteiger charge is 2.44. The molecule has 3 aromatic carbocycles. The van der Waals surface area contributed by atoms with E-state index in [4.69, 9.17) is 9.47 Å². The van der Waals surface area contributed by atoms with Gasteiger partial charge in [-0.2, -0.15) is 0 Å². The Hall–Kier alpha value is -4.61. The molecule has 4 heterocycles. The molecular weight excluding hydrogens is 594 g/mol. The Kier molecular flexibility index (Phi) is 8.27. The molecule has 2 amide bonds. The summed E-state index contributed by atoms with van der Waals surface area (Å²) in [6.45, 7) is 8.05. The highest BCUT2D eigenvalue weighted by Crippen LogP contribution is 2.40. The molecule has 3 aliphatic heterocycles. The molecular formula is C36H41N7O4. The summed E-state index contributed by atoms with van der Waals surface area (Å²) < 4.78 is 13.9. The monoisotopic (exact) mass is 635 g/mol. The van der Waals surface area contributed by atoms with Gasteiger partial charge in [0.25, 0.3) is 5.91 Å². The zero-order valence-corrected chi connectivity index (χ0v) is 27.2. The van der Waals surface area contributed by atoms with Crippen molar-refractivity contribution in [2.24, 2.45) is 0 Å². The normalized spacial score (nSPS) is 20.9. The maximum absolute atomic E-state index is 14.2. The Bertz CT molecular complexity index is 1780. The number of morpholine rings is 1. The van der Waals surface area contributed by atoms with Gasteiger partial charge in [-0.1, -0.05) is 42.5 Å². The number of hydrogen-bond donors (Lipinski definition) is 1. The molecule has 1 N–H and O–H groups in total. The van der Waals surface area contributed by atoms with Crippen LogP contribution in [-0.2, 0) is 27.1 Å². The van der Waals surface area contributed by atoms with Crippen LogP contribution in [0.4, 0.5) is 0 Å². The highest BCUT2D eigenvalue weighted by molar-refractivity contribution is 5.97. The van der Waals surface area contributed by atoms with Gasteiger partial charge in [0.1, 0.15) is 17.7 Å². The van der Waals surface area contributed by atoms with E-state index in [9.17, 15) is 9.59 Å². The third-order valence-corrected chi connectivity index (χ3v) is 10.3. The number of nitrogens with one attached hydrogen (secondary N) is 1. The molecule has 3 aliphatic rings. The van der Waals surface area contributed by atoms with Crippen molar-refractivity contribution in [1.82, 2.24) is 35.3 Å². The van der Waals surface area contributed by atoms with Crippen LogP contribution in [-0.4, -0.2) is 88.3 Å². The van der Waals surface area contributed by atoms with E-state index in [2.05, 4.69) is 76.0 Å². The van der Waals surface area contributed by atoms with Crippen molar-refractivity contribution < 1.29 is 19.1 Å². The Morgan fingerprint density at radius 2 is 1.85 bits per heavy atom. The lowest BCUT2D eigenvalue weighted by Crippen LogP contribution is -2.57. The molecule has 1 atom stereocenters. The fourth-order valence-corrected chi connectivity index (χ4v) is 7.49. The molecule has 11 heteroatoms. The second kappa shape index (κ2) is 12.5. The van der Waals surface area contributed by atoms with Crippen molar-refractivity contribution in [1.29, 1.82) is 0 Å². The van der Waals surface area contributed by atoms with Gasteiger partial charge < -0.3 is 24.6 Å². The number of nitrogens with zero attached hydrogens (tertiary/aromatic N) is 6. The van der Waals surface area contributed by atoms with E-state index in [1.165, 1.54) is 27.7 Å². The lowest BCUT2D eigenvalue weighted by molar-refractivity contribution is -0.124. The summed E-state index contributed by atoms with van der Waals surface area (Å²) in [6.07, 6.45) is 4.38. The SMILES string of the molecule is COc1ccc(-n2cnnn2)cc1C(=O)N1CCO[C@@](CCN2CCC3(CC2)NC(=O)Cc2ccccc23)(c2ccc(C)c(C)c2)C1. The van der Waals surface area contributed by atoms with Crippen LogP contribution in [0.2, 0.25) is 0 Å². The second-order valence-electron chi connectivity index (χ2n) is 13.1. The fraction of sp³-hybridized carbons (Fsp3) is 0.417. The third-order valence-electron chi connectivity index (χ3n) is 10.3. The number of carbonyl (C=O) groups is 2. The van der Waals surface area contributed by atoms with Crippen LogP contribution in [0.5, 0.6) is 5.75 Å². The summed E-state index contributed by atoms with van der Waals surface area (Å²) in [5.41, 5.74) is 6.01. The van der Waals surface area contributed by atoms with Crippen molar-refractivity contribution in [3.63, 3.8) is 0 Å². The predicted molar refractivity (Wildman–Crippen MR) is 175 cm³/mol. The minimum absolute atomic E-state index is 0.103. The molecule has 0 bridgehead atoms. The molecule has 0 radical (unpaired) electrons. The summed E-state index contributed by atoms with van der Waals surface area (Å²) in [7, 11) is 1.57. The summed E-state index contributed by atoms with van der Waals surface area (Å²) in [4.78, 5) is 31.3. The number of hydrogen-bond acceptors (Lipinski definition) is 8. The van der Waals surface area contributed by atoms with Gasteiger partial charge in [0.05, 0.1) is 43.5 Å². The smallest absolute Gasteiger partial charge is 0.257 e. The first-order valence-electron chi connectivity index (χ1n) is 16.3. The van der Waals surface area contributed by atoms with Gasteiger partial charge in [0, 0.05) is 26.2 Å². The first-order valence-corrected chi connectivity index (χ1v) is 16.3. The number of benzene rings is 3. The highest BCUT2D eigenvalue weighted by atomic mass is 16.5. The molecule has 11 nitrogen and oxygen atoms in total. The molecule has 0 saturated carbocycles. The van der Waals surface area contributed by atoms with Crippen molar-refractivity contribution in [3.8, 4) is 11.4 Å². The summed E-state index contributed by atoms with van der Waals surface area (Å²) in [5.74, 6) is 0.472. The lowest BCUT2D eigenvalue weighted by Gasteiger charge is -2.47.